The Kier molecular flexibility index (Phi) is 3.44. The van der Waals surface area contributed by atoms with E-state index in [-0.39, 0.29) is 5.78 Å². The number of carbonyl (C=O) groups excluding carboxylic acids is 1. The fraction of sp³-hybridized carbons (Fsp3) is 0.417. The lowest BCUT2D eigenvalue weighted by Crippen LogP contribution is -2.19. The predicted octanol–water partition coefficient (Wildman–Crippen LogP) is 2.34. The molecule has 3 heteroatoms. The number of hydrogen-bond donors (Lipinski definition) is 1. The third-order valence-electron chi connectivity index (χ3n) is 2.34. The number of rotatable bonds is 5. The highest BCUT2D eigenvalue weighted by Gasteiger charge is 2.24. The van der Waals surface area contributed by atoms with E-state index in [0.29, 0.717) is 6.54 Å². The maximum Gasteiger partial charge on any atom is 0.177 e. The van der Waals surface area contributed by atoms with Gasteiger partial charge in [0.25, 0.3) is 0 Å². The van der Waals surface area contributed by atoms with Crippen LogP contribution in [0.5, 0.6) is 0 Å². The van der Waals surface area contributed by atoms with Crippen LogP contribution in [0.3, 0.4) is 0 Å². The Bertz CT molecular complexity index is 360. The molecule has 0 spiro atoms. The van der Waals surface area contributed by atoms with E-state index in [1.807, 2.05) is 36.0 Å². The van der Waals surface area contributed by atoms with Crippen molar-refractivity contribution in [1.29, 1.82) is 0 Å². The Morgan fingerprint density at radius 2 is 2.20 bits per heavy atom. The lowest BCUT2D eigenvalue weighted by molar-refractivity contribution is 0.0991. The molecule has 0 bridgehead atoms. The first-order chi connectivity index (χ1) is 7.31. The Morgan fingerprint density at radius 1 is 1.47 bits per heavy atom. The monoisotopic (exact) mass is 221 g/mol. The van der Waals surface area contributed by atoms with Crippen LogP contribution < -0.4 is 5.32 Å². The molecule has 0 unspecified atom stereocenters. The Morgan fingerprint density at radius 3 is 2.87 bits per heavy atom. The highest BCUT2D eigenvalue weighted by atomic mass is 32.2. The van der Waals surface area contributed by atoms with E-state index < -0.39 is 0 Å². The fourth-order valence-electron chi connectivity index (χ4n) is 1.42. The molecule has 0 heterocycles. The summed E-state index contributed by atoms with van der Waals surface area (Å²) in [6, 6.07) is 7.90. The van der Waals surface area contributed by atoms with Crippen LogP contribution in [-0.2, 0) is 0 Å². The summed E-state index contributed by atoms with van der Waals surface area (Å²) in [6.07, 6.45) is 2.58. The van der Waals surface area contributed by atoms with Crippen molar-refractivity contribution in [1.82, 2.24) is 5.32 Å². The van der Waals surface area contributed by atoms with Gasteiger partial charge in [0.2, 0.25) is 0 Å². The van der Waals surface area contributed by atoms with Crippen molar-refractivity contribution in [2.45, 2.75) is 23.0 Å². The van der Waals surface area contributed by atoms with Gasteiger partial charge in [0, 0.05) is 15.7 Å². The molecule has 1 N–H and O–H groups in total. The molecule has 0 aromatic heterocycles. The molecule has 15 heavy (non-hydrogen) atoms. The van der Waals surface area contributed by atoms with Crippen molar-refractivity contribution in [3.8, 4) is 0 Å². The van der Waals surface area contributed by atoms with Gasteiger partial charge in [-0.25, -0.2) is 0 Å². The second kappa shape index (κ2) is 4.81. The quantitative estimate of drug-likeness (QED) is 0.774. The minimum absolute atomic E-state index is 0.182. The Balaban J connectivity index is 2.16. The second-order valence-corrected chi connectivity index (χ2v) is 5.11. The molecule has 0 amide bonds. The van der Waals surface area contributed by atoms with Crippen LogP contribution in [0.1, 0.15) is 23.2 Å². The molecule has 0 radical (unpaired) electrons. The zero-order valence-electron chi connectivity index (χ0n) is 8.82. The second-order valence-electron chi connectivity index (χ2n) is 3.77. The molecule has 0 atom stereocenters. The molecule has 1 aliphatic rings. The molecule has 0 saturated heterocycles. The average Bonchev–Trinajstić information content (AvgIpc) is 3.03. The summed E-state index contributed by atoms with van der Waals surface area (Å²) in [6.45, 7) is 0.419. The van der Waals surface area contributed by atoms with Crippen molar-refractivity contribution in [2.75, 3.05) is 13.6 Å². The molecule has 2 nitrogen and oxygen atoms in total. The largest absolute Gasteiger partial charge is 0.313 e. The first kappa shape index (κ1) is 10.7. The van der Waals surface area contributed by atoms with Crippen molar-refractivity contribution >= 4 is 17.5 Å². The van der Waals surface area contributed by atoms with Crippen molar-refractivity contribution in [2.24, 2.45) is 0 Å². The molecular formula is C12H15NOS. The molecular weight excluding hydrogens is 206 g/mol. The highest BCUT2D eigenvalue weighted by molar-refractivity contribution is 8.00. The maximum absolute atomic E-state index is 11.8. The number of benzene rings is 1. The summed E-state index contributed by atoms with van der Waals surface area (Å²) >= 11 is 1.84. The third-order valence-corrected chi connectivity index (χ3v) is 3.76. The number of carbonyl (C=O) groups is 1. The standard InChI is InChI=1S/C12H15NOS/c1-13-8-11(14)10-4-2-3-5-12(10)15-9-6-7-9/h2-5,9,13H,6-8H2,1H3. The van der Waals surface area contributed by atoms with E-state index in [1.165, 1.54) is 12.8 Å². The molecule has 1 aromatic carbocycles. The number of nitrogens with one attached hydrogen (secondary N) is 1. The normalized spacial score (nSPS) is 15.3. The number of hydrogen-bond acceptors (Lipinski definition) is 3. The lowest BCUT2D eigenvalue weighted by atomic mass is 10.1. The average molecular weight is 221 g/mol. The van der Waals surface area contributed by atoms with Crippen molar-refractivity contribution in [3.05, 3.63) is 29.8 Å². The van der Waals surface area contributed by atoms with Gasteiger partial charge in [-0.3, -0.25) is 4.79 Å². The van der Waals surface area contributed by atoms with E-state index >= 15 is 0 Å². The predicted molar refractivity (Wildman–Crippen MR) is 63.6 cm³/mol. The number of ketones is 1. The van der Waals surface area contributed by atoms with Crippen LogP contribution in [0.2, 0.25) is 0 Å². The fourth-order valence-corrected chi connectivity index (χ4v) is 2.62. The van der Waals surface area contributed by atoms with Crippen LogP contribution in [0.15, 0.2) is 29.2 Å². The zero-order chi connectivity index (χ0) is 10.7. The highest BCUT2D eigenvalue weighted by Crippen LogP contribution is 2.40. The van der Waals surface area contributed by atoms with E-state index in [9.17, 15) is 4.79 Å². The molecule has 1 aromatic rings. The SMILES string of the molecule is CNCC(=O)c1ccccc1SC1CC1. The van der Waals surface area contributed by atoms with E-state index in [4.69, 9.17) is 0 Å². The molecule has 1 aliphatic carbocycles. The van der Waals surface area contributed by atoms with Gasteiger partial charge in [0.05, 0.1) is 6.54 Å². The van der Waals surface area contributed by atoms with E-state index in [1.54, 1.807) is 7.05 Å². The molecule has 1 fully saturated rings. The van der Waals surface area contributed by atoms with Crippen LogP contribution in [-0.4, -0.2) is 24.6 Å². The summed E-state index contributed by atoms with van der Waals surface area (Å²) in [4.78, 5) is 12.9. The lowest BCUT2D eigenvalue weighted by Gasteiger charge is -2.06. The van der Waals surface area contributed by atoms with Crippen LogP contribution in [0.4, 0.5) is 0 Å². The summed E-state index contributed by atoms with van der Waals surface area (Å²) in [5.74, 6) is 0.182. The minimum Gasteiger partial charge on any atom is -0.313 e. The summed E-state index contributed by atoms with van der Waals surface area (Å²) in [5, 5.41) is 3.65. The molecule has 80 valence electrons. The van der Waals surface area contributed by atoms with E-state index in [2.05, 4.69) is 5.32 Å². The summed E-state index contributed by atoms with van der Waals surface area (Å²) in [5.41, 5.74) is 0.865. The summed E-state index contributed by atoms with van der Waals surface area (Å²) in [7, 11) is 1.80. The third kappa shape index (κ3) is 2.83. The molecule has 1 saturated carbocycles. The van der Waals surface area contributed by atoms with Crippen LogP contribution in [0.25, 0.3) is 0 Å². The summed E-state index contributed by atoms with van der Waals surface area (Å²) < 4.78 is 0. The number of Topliss-reactive ketones (excluding diaryl/α,β-unsaturated/α-hetero) is 1. The molecule has 0 aliphatic heterocycles. The van der Waals surface area contributed by atoms with Crippen LogP contribution in [0, 0.1) is 0 Å². The van der Waals surface area contributed by atoms with Gasteiger partial charge in [-0.05, 0) is 26.0 Å². The maximum atomic E-state index is 11.8. The first-order valence-corrected chi connectivity index (χ1v) is 6.12. The topological polar surface area (TPSA) is 29.1 Å². The first-order valence-electron chi connectivity index (χ1n) is 5.24. The van der Waals surface area contributed by atoms with E-state index in [0.717, 1.165) is 15.7 Å². The van der Waals surface area contributed by atoms with Gasteiger partial charge in [-0.2, -0.15) is 0 Å². The van der Waals surface area contributed by atoms with Crippen molar-refractivity contribution < 1.29 is 4.79 Å². The molecule has 2 rings (SSSR count). The van der Waals surface area contributed by atoms with Gasteiger partial charge in [-0.1, -0.05) is 18.2 Å². The van der Waals surface area contributed by atoms with Gasteiger partial charge < -0.3 is 5.32 Å². The van der Waals surface area contributed by atoms with Crippen LogP contribution >= 0.6 is 11.8 Å². The number of likely N-dealkylation sites (N-methyl/N-ethyl adjacent to an activating group) is 1. The minimum atomic E-state index is 0.182. The number of thioether (sulfide) groups is 1. The van der Waals surface area contributed by atoms with Gasteiger partial charge in [0.1, 0.15) is 0 Å². The van der Waals surface area contributed by atoms with Crippen molar-refractivity contribution in [3.63, 3.8) is 0 Å². The Hall–Kier alpha value is -0.800. The zero-order valence-corrected chi connectivity index (χ0v) is 9.64. The smallest absolute Gasteiger partial charge is 0.177 e. The van der Waals surface area contributed by atoms with Gasteiger partial charge >= 0.3 is 0 Å². The van der Waals surface area contributed by atoms with Gasteiger partial charge in [0.15, 0.2) is 5.78 Å². The Labute approximate surface area is 94.4 Å². The van der Waals surface area contributed by atoms with Gasteiger partial charge in [-0.15, -0.1) is 11.8 Å².